The Balaban J connectivity index is 1.47. The molecule has 0 aliphatic heterocycles. The van der Waals surface area contributed by atoms with E-state index in [0.717, 1.165) is 27.5 Å². The second kappa shape index (κ2) is 8.58. The smallest absolute Gasteiger partial charge is 0.226 e. The molecule has 1 N–H and O–H groups in total. The molecule has 0 atom stereocenters. The van der Waals surface area contributed by atoms with Gasteiger partial charge in [-0.3, -0.25) is 19.4 Å². The van der Waals surface area contributed by atoms with Crippen LogP contribution >= 0.6 is 11.3 Å². The fraction of sp³-hybridized carbons (Fsp3) is 0.143. The van der Waals surface area contributed by atoms with E-state index in [1.807, 2.05) is 58.7 Å². The van der Waals surface area contributed by atoms with Crippen molar-refractivity contribution in [1.29, 1.82) is 0 Å². The predicted molar refractivity (Wildman–Crippen MR) is 110 cm³/mol. The quantitative estimate of drug-likeness (QED) is 0.526. The summed E-state index contributed by atoms with van der Waals surface area (Å²) in [5.41, 5.74) is 3.66. The first-order valence-electron chi connectivity index (χ1n) is 8.99. The molecular formula is C21H19N5OS. The summed E-state index contributed by atoms with van der Waals surface area (Å²) in [6.07, 6.45) is 5.59. The van der Waals surface area contributed by atoms with Crippen LogP contribution < -0.4 is 5.32 Å². The first-order valence-corrected chi connectivity index (χ1v) is 9.87. The second-order valence-corrected chi connectivity index (χ2v) is 7.12. The SMILES string of the molecule is O=C(Cc1ccccn1)NCCn1ncc(-c2ccccn2)c1-c1cccs1. The Kier molecular flexibility index (Phi) is 5.53. The number of pyridine rings is 2. The van der Waals surface area contributed by atoms with Gasteiger partial charge in [-0.05, 0) is 35.7 Å². The van der Waals surface area contributed by atoms with E-state index in [4.69, 9.17) is 0 Å². The van der Waals surface area contributed by atoms with E-state index in [1.54, 1.807) is 23.7 Å². The van der Waals surface area contributed by atoms with Crippen LogP contribution in [-0.2, 0) is 17.8 Å². The topological polar surface area (TPSA) is 72.7 Å². The molecule has 0 aromatic carbocycles. The maximum absolute atomic E-state index is 12.2. The predicted octanol–water partition coefficient (Wildman–Crippen LogP) is 3.43. The lowest BCUT2D eigenvalue weighted by atomic mass is 10.1. The fourth-order valence-corrected chi connectivity index (χ4v) is 3.76. The molecule has 0 bridgehead atoms. The lowest BCUT2D eigenvalue weighted by Gasteiger charge is -2.09. The van der Waals surface area contributed by atoms with E-state index in [0.29, 0.717) is 13.1 Å². The Morgan fingerprint density at radius 2 is 1.89 bits per heavy atom. The average Bonchev–Trinajstić information content (AvgIpc) is 3.39. The van der Waals surface area contributed by atoms with Gasteiger partial charge in [0.25, 0.3) is 0 Å². The van der Waals surface area contributed by atoms with Crippen molar-refractivity contribution in [3.63, 3.8) is 0 Å². The number of nitrogens with one attached hydrogen (secondary N) is 1. The maximum Gasteiger partial charge on any atom is 0.226 e. The molecule has 0 unspecified atom stereocenters. The number of rotatable bonds is 7. The molecule has 0 saturated heterocycles. The van der Waals surface area contributed by atoms with Crippen LogP contribution in [0.2, 0.25) is 0 Å². The van der Waals surface area contributed by atoms with Gasteiger partial charge in [0.2, 0.25) is 5.91 Å². The van der Waals surface area contributed by atoms with Crippen molar-refractivity contribution in [2.45, 2.75) is 13.0 Å². The van der Waals surface area contributed by atoms with Gasteiger partial charge in [-0.1, -0.05) is 18.2 Å². The van der Waals surface area contributed by atoms with Crippen LogP contribution in [0.15, 0.2) is 72.5 Å². The van der Waals surface area contributed by atoms with E-state index in [-0.39, 0.29) is 12.3 Å². The van der Waals surface area contributed by atoms with Gasteiger partial charge in [0.15, 0.2) is 0 Å². The van der Waals surface area contributed by atoms with Gasteiger partial charge in [0.05, 0.1) is 35.4 Å². The zero-order valence-corrected chi connectivity index (χ0v) is 16.0. The lowest BCUT2D eigenvalue weighted by Crippen LogP contribution is -2.29. The number of carbonyl (C=O) groups excluding carboxylic acids is 1. The van der Waals surface area contributed by atoms with Crippen molar-refractivity contribution in [1.82, 2.24) is 25.1 Å². The third kappa shape index (κ3) is 4.15. The van der Waals surface area contributed by atoms with Crippen molar-refractivity contribution in [2.24, 2.45) is 0 Å². The molecule has 140 valence electrons. The van der Waals surface area contributed by atoms with Crippen LogP contribution in [0.1, 0.15) is 5.69 Å². The van der Waals surface area contributed by atoms with Crippen LogP contribution in [0.4, 0.5) is 0 Å². The highest BCUT2D eigenvalue weighted by molar-refractivity contribution is 7.13. The molecule has 4 aromatic rings. The number of carbonyl (C=O) groups is 1. The van der Waals surface area contributed by atoms with Crippen molar-refractivity contribution >= 4 is 17.2 Å². The molecule has 28 heavy (non-hydrogen) atoms. The van der Waals surface area contributed by atoms with E-state index in [2.05, 4.69) is 26.4 Å². The highest BCUT2D eigenvalue weighted by Crippen LogP contribution is 2.33. The lowest BCUT2D eigenvalue weighted by molar-refractivity contribution is -0.120. The Morgan fingerprint density at radius 1 is 1.04 bits per heavy atom. The van der Waals surface area contributed by atoms with Crippen molar-refractivity contribution in [2.75, 3.05) is 6.54 Å². The highest BCUT2D eigenvalue weighted by atomic mass is 32.1. The number of nitrogens with zero attached hydrogens (tertiary/aromatic N) is 4. The summed E-state index contributed by atoms with van der Waals surface area (Å²) in [6, 6.07) is 15.5. The summed E-state index contributed by atoms with van der Waals surface area (Å²) >= 11 is 1.66. The summed E-state index contributed by atoms with van der Waals surface area (Å²) in [5.74, 6) is -0.0477. The van der Waals surface area contributed by atoms with Gasteiger partial charge in [0, 0.05) is 30.2 Å². The molecule has 0 aliphatic rings. The molecule has 4 rings (SSSR count). The first kappa shape index (κ1) is 18.1. The number of amides is 1. The maximum atomic E-state index is 12.2. The summed E-state index contributed by atoms with van der Waals surface area (Å²) in [4.78, 5) is 21.9. The Morgan fingerprint density at radius 3 is 2.61 bits per heavy atom. The number of thiophene rings is 1. The van der Waals surface area contributed by atoms with Crippen molar-refractivity contribution < 1.29 is 4.79 Å². The summed E-state index contributed by atoms with van der Waals surface area (Å²) in [6.45, 7) is 1.07. The second-order valence-electron chi connectivity index (χ2n) is 6.17. The van der Waals surface area contributed by atoms with Crippen LogP contribution in [0.3, 0.4) is 0 Å². The van der Waals surface area contributed by atoms with E-state index >= 15 is 0 Å². The minimum absolute atomic E-state index is 0.0477. The minimum Gasteiger partial charge on any atom is -0.354 e. The molecule has 6 nitrogen and oxygen atoms in total. The molecule has 1 amide bonds. The van der Waals surface area contributed by atoms with E-state index in [1.165, 1.54) is 0 Å². The van der Waals surface area contributed by atoms with Crippen LogP contribution in [0.5, 0.6) is 0 Å². The first-order chi connectivity index (χ1) is 13.8. The Labute approximate surface area is 166 Å². The van der Waals surface area contributed by atoms with Crippen molar-refractivity contribution in [3.8, 4) is 21.8 Å². The molecule has 7 heteroatoms. The molecule has 0 radical (unpaired) electrons. The average molecular weight is 389 g/mol. The third-order valence-corrected chi connectivity index (χ3v) is 5.13. The van der Waals surface area contributed by atoms with Gasteiger partial charge in [-0.25, -0.2) is 0 Å². The van der Waals surface area contributed by atoms with Gasteiger partial charge >= 0.3 is 0 Å². The Bertz CT molecular complexity index is 1030. The standard InChI is InChI=1S/C21H19N5OS/c27-20(14-16-6-1-3-9-22-16)24-11-12-26-21(19-8-5-13-28-19)17(15-25-26)18-7-2-4-10-23-18/h1-10,13,15H,11-12,14H2,(H,24,27). The summed E-state index contributed by atoms with van der Waals surface area (Å²) < 4.78 is 1.93. The molecule has 0 saturated carbocycles. The minimum atomic E-state index is -0.0477. The third-order valence-electron chi connectivity index (χ3n) is 4.25. The number of hydrogen-bond donors (Lipinski definition) is 1. The van der Waals surface area contributed by atoms with Gasteiger partial charge in [0.1, 0.15) is 0 Å². The zero-order chi connectivity index (χ0) is 19.2. The normalized spacial score (nSPS) is 10.7. The molecule has 0 spiro atoms. The monoisotopic (exact) mass is 389 g/mol. The largest absolute Gasteiger partial charge is 0.354 e. The van der Waals surface area contributed by atoms with Crippen LogP contribution in [0, 0.1) is 0 Å². The molecule has 4 heterocycles. The van der Waals surface area contributed by atoms with Gasteiger partial charge in [-0.2, -0.15) is 5.10 Å². The number of hydrogen-bond acceptors (Lipinski definition) is 5. The highest BCUT2D eigenvalue weighted by Gasteiger charge is 2.16. The Hall–Kier alpha value is -3.32. The molecule has 0 fully saturated rings. The number of aromatic nitrogens is 4. The van der Waals surface area contributed by atoms with Crippen LogP contribution in [0.25, 0.3) is 21.8 Å². The van der Waals surface area contributed by atoms with Crippen molar-refractivity contribution in [3.05, 3.63) is 78.2 Å². The molecular weight excluding hydrogens is 370 g/mol. The van der Waals surface area contributed by atoms with E-state index < -0.39 is 0 Å². The summed E-state index contributed by atoms with van der Waals surface area (Å²) in [5, 5.41) is 9.54. The zero-order valence-electron chi connectivity index (χ0n) is 15.2. The van der Waals surface area contributed by atoms with E-state index in [9.17, 15) is 4.79 Å². The molecule has 4 aromatic heterocycles. The summed E-state index contributed by atoms with van der Waals surface area (Å²) in [7, 11) is 0. The molecule has 0 aliphatic carbocycles. The van der Waals surface area contributed by atoms with Gasteiger partial charge < -0.3 is 5.32 Å². The van der Waals surface area contributed by atoms with Crippen LogP contribution in [-0.4, -0.2) is 32.2 Å². The van der Waals surface area contributed by atoms with Gasteiger partial charge in [-0.15, -0.1) is 11.3 Å². The fourth-order valence-electron chi connectivity index (χ4n) is 2.97.